The Labute approximate surface area is 129 Å². The molecule has 1 amide bonds. The van der Waals surface area contributed by atoms with E-state index in [4.69, 9.17) is 0 Å². The number of anilines is 2. The van der Waals surface area contributed by atoms with E-state index < -0.39 is 17.5 Å². The molecule has 2 aromatic rings. The highest BCUT2D eigenvalue weighted by molar-refractivity contribution is 9.10. The minimum Gasteiger partial charge on any atom is -0.376 e. The van der Waals surface area contributed by atoms with Gasteiger partial charge in [0.2, 0.25) is 5.91 Å². The highest BCUT2D eigenvalue weighted by Crippen LogP contribution is 2.20. The monoisotopic (exact) mass is 354 g/mol. The number of carbonyl (C=O) groups is 1. The first-order chi connectivity index (χ1) is 9.95. The first-order valence-corrected chi connectivity index (χ1v) is 7.00. The third-order valence-corrected chi connectivity index (χ3v) is 3.68. The van der Waals surface area contributed by atoms with Crippen molar-refractivity contribution < 1.29 is 13.6 Å². The van der Waals surface area contributed by atoms with Crippen LogP contribution in [0.25, 0.3) is 0 Å². The maximum Gasteiger partial charge on any atom is 0.243 e. The molecular formula is C15H13BrF2N2O. The molecule has 21 heavy (non-hydrogen) atoms. The van der Waals surface area contributed by atoms with Crippen molar-refractivity contribution in [3.63, 3.8) is 0 Å². The smallest absolute Gasteiger partial charge is 0.243 e. The zero-order valence-electron chi connectivity index (χ0n) is 11.2. The van der Waals surface area contributed by atoms with Gasteiger partial charge in [0.05, 0.1) is 12.2 Å². The van der Waals surface area contributed by atoms with Crippen LogP contribution < -0.4 is 10.6 Å². The lowest BCUT2D eigenvalue weighted by molar-refractivity contribution is -0.114. The van der Waals surface area contributed by atoms with Crippen LogP contribution in [0.3, 0.4) is 0 Å². The molecule has 2 aromatic carbocycles. The molecule has 2 N–H and O–H groups in total. The molecule has 0 heterocycles. The lowest BCUT2D eigenvalue weighted by atomic mass is 10.2. The molecule has 3 nitrogen and oxygen atoms in total. The summed E-state index contributed by atoms with van der Waals surface area (Å²) in [4.78, 5) is 11.7. The van der Waals surface area contributed by atoms with Crippen molar-refractivity contribution in [2.24, 2.45) is 0 Å². The van der Waals surface area contributed by atoms with Gasteiger partial charge in [0.15, 0.2) is 0 Å². The van der Waals surface area contributed by atoms with Crippen molar-refractivity contribution in [3.05, 3.63) is 58.1 Å². The Kier molecular flexibility index (Phi) is 4.90. The lowest BCUT2D eigenvalue weighted by Crippen LogP contribution is -2.22. The number of halogens is 3. The predicted molar refractivity (Wildman–Crippen MR) is 82.4 cm³/mol. The Hall–Kier alpha value is -1.95. The largest absolute Gasteiger partial charge is 0.376 e. The van der Waals surface area contributed by atoms with E-state index in [1.54, 1.807) is 0 Å². The molecule has 0 aromatic heterocycles. The van der Waals surface area contributed by atoms with Gasteiger partial charge < -0.3 is 10.6 Å². The third kappa shape index (κ3) is 4.26. The number of rotatable bonds is 4. The molecule has 0 aliphatic carbocycles. The summed E-state index contributed by atoms with van der Waals surface area (Å²) in [5, 5.41) is 5.30. The molecule has 0 unspecified atom stereocenters. The Balaban J connectivity index is 1.94. The molecule has 0 bridgehead atoms. The molecule has 2 rings (SSSR count). The number of carbonyl (C=O) groups excluding carboxylic acids is 1. The van der Waals surface area contributed by atoms with Crippen molar-refractivity contribution in [3.8, 4) is 0 Å². The fourth-order valence-electron chi connectivity index (χ4n) is 1.67. The van der Waals surface area contributed by atoms with Crippen molar-refractivity contribution in [1.82, 2.24) is 0 Å². The molecule has 0 aliphatic heterocycles. The van der Waals surface area contributed by atoms with Crippen LogP contribution in [-0.4, -0.2) is 12.5 Å². The van der Waals surface area contributed by atoms with Crippen molar-refractivity contribution in [2.75, 3.05) is 17.2 Å². The van der Waals surface area contributed by atoms with E-state index in [1.165, 1.54) is 6.07 Å². The minimum atomic E-state index is -0.804. The molecule has 0 fully saturated rings. The summed E-state index contributed by atoms with van der Waals surface area (Å²) in [5.74, 6) is -1.91. The van der Waals surface area contributed by atoms with Gasteiger partial charge in [-0.3, -0.25) is 4.79 Å². The normalized spacial score (nSPS) is 10.3. The van der Waals surface area contributed by atoms with Crippen LogP contribution in [0.2, 0.25) is 0 Å². The van der Waals surface area contributed by atoms with Crippen LogP contribution >= 0.6 is 15.9 Å². The maximum atomic E-state index is 13.4. The average Bonchev–Trinajstić information content (AvgIpc) is 2.43. The van der Waals surface area contributed by atoms with Gasteiger partial charge in [-0.15, -0.1) is 0 Å². The summed E-state index contributed by atoms with van der Waals surface area (Å²) in [5.41, 5.74) is 1.80. The standard InChI is InChI=1S/C15H13BrF2N2O/c1-9-2-4-11(7-12(9)16)19-8-15(21)20-14-5-3-10(17)6-13(14)18/h2-7,19H,8H2,1H3,(H,20,21). The molecule has 0 atom stereocenters. The second-order valence-electron chi connectivity index (χ2n) is 4.49. The fraction of sp³-hybridized carbons (Fsp3) is 0.133. The van der Waals surface area contributed by atoms with Crippen molar-refractivity contribution >= 4 is 33.2 Å². The van der Waals surface area contributed by atoms with Crippen LogP contribution in [0.15, 0.2) is 40.9 Å². The van der Waals surface area contributed by atoms with E-state index in [0.29, 0.717) is 0 Å². The molecule has 0 saturated carbocycles. The molecule has 6 heteroatoms. The SMILES string of the molecule is Cc1ccc(NCC(=O)Nc2ccc(F)cc2F)cc1Br. The van der Waals surface area contributed by atoms with Crippen LogP contribution in [0, 0.1) is 18.6 Å². The number of amides is 1. The van der Waals surface area contributed by atoms with E-state index in [2.05, 4.69) is 26.6 Å². The summed E-state index contributed by atoms with van der Waals surface area (Å²) < 4.78 is 27.1. The highest BCUT2D eigenvalue weighted by atomic mass is 79.9. The molecular weight excluding hydrogens is 342 g/mol. The van der Waals surface area contributed by atoms with Gasteiger partial charge in [-0.05, 0) is 36.8 Å². The molecule has 0 radical (unpaired) electrons. The second-order valence-corrected chi connectivity index (χ2v) is 5.34. The van der Waals surface area contributed by atoms with Crippen molar-refractivity contribution in [1.29, 1.82) is 0 Å². The molecule has 0 saturated heterocycles. The number of nitrogens with one attached hydrogen (secondary N) is 2. The van der Waals surface area contributed by atoms with E-state index >= 15 is 0 Å². The Morgan fingerprint density at radius 2 is 1.95 bits per heavy atom. The first kappa shape index (κ1) is 15.4. The van der Waals surface area contributed by atoms with E-state index in [1.807, 2.05) is 25.1 Å². The van der Waals surface area contributed by atoms with Gasteiger partial charge in [0.1, 0.15) is 11.6 Å². The summed E-state index contributed by atoms with van der Waals surface area (Å²) in [6.07, 6.45) is 0. The van der Waals surface area contributed by atoms with Gasteiger partial charge in [0, 0.05) is 16.2 Å². The zero-order valence-corrected chi connectivity index (χ0v) is 12.8. The summed E-state index contributed by atoms with van der Waals surface area (Å²) in [7, 11) is 0. The molecule has 0 aliphatic rings. The quantitative estimate of drug-likeness (QED) is 0.868. The predicted octanol–water partition coefficient (Wildman–Crippen LogP) is 4.09. The van der Waals surface area contributed by atoms with Crippen LogP contribution in [0.4, 0.5) is 20.2 Å². The fourth-order valence-corrected chi connectivity index (χ4v) is 2.05. The second kappa shape index (κ2) is 6.67. The van der Waals surface area contributed by atoms with Crippen LogP contribution in [-0.2, 0) is 4.79 Å². The number of benzene rings is 2. The number of aryl methyl sites for hydroxylation is 1. The maximum absolute atomic E-state index is 13.4. The minimum absolute atomic E-state index is 0.0215. The Morgan fingerprint density at radius 3 is 2.62 bits per heavy atom. The molecule has 0 spiro atoms. The van der Waals surface area contributed by atoms with Gasteiger partial charge in [0.25, 0.3) is 0 Å². The zero-order chi connectivity index (χ0) is 15.4. The number of hydrogen-bond acceptors (Lipinski definition) is 2. The highest BCUT2D eigenvalue weighted by Gasteiger charge is 2.08. The first-order valence-electron chi connectivity index (χ1n) is 6.20. The van der Waals surface area contributed by atoms with Gasteiger partial charge in [-0.25, -0.2) is 8.78 Å². The Morgan fingerprint density at radius 1 is 1.19 bits per heavy atom. The third-order valence-electron chi connectivity index (χ3n) is 2.83. The topological polar surface area (TPSA) is 41.1 Å². The molecule has 110 valence electrons. The van der Waals surface area contributed by atoms with E-state index in [0.717, 1.165) is 27.9 Å². The summed E-state index contributed by atoms with van der Waals surface area (Å²) >= 11 is 3.40. The van der Waals surface area contributed by atoms with Crippen LogP contribution in [0.5, 0.6) is 0 Å². The summed E-state index contributed by atoms with van der Waals surface area (Å²) in [6, 6.07) is 8.59. The van der Waals surface area contributed by atoms with Crippen LogP contribution in [0.1, 0.15) is 5.56 Å². The van der Waals surface area contributed by atoms with E-state index in [-0.39, 0.29) is 12.2 Å². The van der Waals surface area contributed by atoms with Gasteiger partial charge in [-0.1, -0.05) is 22.0 Å². The Bertz CT molecular complexity index is 677. The number of hydrogen-bond donors (Lipinski definition) is 2. The van der Waals surface area contributed by atoms with E-state index in [9.17, 15) is 13.6 Å². The van der Waals surface area contributed by atoms with Gasteiger partial charge >= 0.3 is 0 Å². The van der Waals surface area contributed by atoms with Crippen molar-refractivity contribution in [2.45, 2.75) is 6.92 Å². The lowest BCUT2D eigenvalue weighted by Gasteiger charge is -2.09. The average molecular weight is 355 g/mol. The summed E-state index contributed by atoms with van der Waals surface area (Å²) in [6.45, 7) is 1.93. The van der Waals surface area contributed by atoms with Gasteiger partial charge in [-0.2, -0.15) is 0 Å².